The largest absolute Gasteiger partial charge is 0.493 e. The maximum atomic E-state index is 14.1. The quantitative estimate of drug-likeness (QED) is 0.0283. The molecular formula is C50H60ClN5O8S2. The number of hydrogen-bond acceptors (Lipinski definition) is 11. The number of Topliss-reactive ketones (excluding diaryl/α,β-unsaturated/α-hetero) is 1. The summed E-state index contributed by atoms with van der Waals surface area (Å²) in [6.45, 7) is 20.3. The van der Waals surface area contributed by atoms with Crippen LogP contribution in [0.15, 0.2) is 83.2 Å². The van der Waals surface area contributed by atoms with E-state index in [1.54, 1.807) is 33.8 Å². The SMILES string of the molecule is CCN(Cc1cc([N+](=O)[O-])ccc1OC(C(=O)Nc1cc(NC(=O)CCCOc2ccc(CC(C)(C)C)cc2CC(C)(C)C)ccc1Cl)C(=O)C(C)(C)C)C(=O)Sc1nc2ccccc2s1. The Kier molecular flexibility index (Phi) is 17.0. The Balaban J connectivity index is 1.28. The minimum Gasteiger partial charge on any atom is -0.493 e. The highest BCUT2D eigenvalue weighted by Gasteiger charge is 2.38. The van der Waals surface area contributed by atoms with Crippen LogP contribution < -0.4 is 20.1 Å². The number of ketones is 1. The second-order valence-electron chi connectivity index (χ2n) is 19.6. The molecule has 0 bridgehead atoms. The minimum absolute atomic E-state index is 0.00588. The number of ether oxygens (including phenoxy) is 2. The van der Waals surface area contributed by atoms with Crippen LogP contribution in [-0.4, -0.2) is 56.9 Å². The Morgan fingerprint density at radius 2 is 1.56 bits per heavy atom. The molecule has 5 aromatic rings. The number of aromatic nitrogens is 1. The Bertz CT molecular complexity index is 2540. The molecule has 5 rings (SSSR count). The number of carbonyl (C=O) groups is 4. The van der Waals surface area contributed by atoms with Gasteiger partial charge in [0, 0.05) is 53.5 Å². The number of benzene rings is 4. The van der Waals surface area contributed by atoms with Crippen molar-refractivity contribution in [3.63, 3.8) is 0 Å². The van der Waals surface area contributed by atoms with Crippen LogP contribution in [0.1, 0.15) is 98.8 Å². The lowest BCUT2D eigenvalue weighted by Crippen LogP contribution is -2.45. The lowest BCUT2D eigenvalue weighted by atomic mass is 9.84. The van der Waals surface area contributed by atoms with Crippen LogP contribution in [0.4, 0.5) is 21.9 Å². The summed E-state index contributed by atoms with van der Waals surface area (Å²) in [6, 6.07) is 22.2. The van der Waals surface area contributed by atoms with Gasteiger partial charge in [0.15, 0.2) is 10.1 Å². The number of carbonyl (C=O) groups excluding carboxylic acids is 4. The lowest BCUT2D eigenvalue weighted by Gasteiger charge is -2.27. The maximum absolute atomic E-state index is 14.1. The molecule has 0 aliphatic carbocycles. The van der Waals surface area contributed by atoms with Crippen LogP contribution in [0, 0.1) is 26.4 Å². The summed E-state index contributed by atoms with van der Waals surface area (Å²) < 4.78 is 13.9. The number of anilines is 2. The zero-order valence-corrected chi connectivity index (χ0v) is 41.7. The van der Waals surface area contributed by atoms with Crippen LogP contribution in [0.5, 0.6) is 11.5 Å². The van der Waals surface area contributed by atoms with Crippen molar-refractivity contribution >= 4 is 84.8 Å². The highest BCUT2D eigenvalue weighted by atomic mass is 35.5. The third-order valence-electron chi connectivity index (χ3n) is 10.1. The van der Waals surface area contributed by atoms with E-state index in [-0.39, 0.29) is 69.2 Å². The van der Waals surface area contributed by atoms with Gasteiger partial charge in [-0.15, -0.1) is 11.3 Å². The van der Waals surface area contributed by atoms with Gasteiger partial charge >= 0.3 is 0 Å². The van der Waals surface area contributed by atoms with Crippen molar-refractivity contribution < 1.29 is 33.6 Å². The number of para-hydroxylation sites is 1. The molecule has 0 saturated carbocycles. The van der Waals surface area contributed by atoms with Gasteiger partial charge in [0.1, 0.15) is 11.5 Å². The maximum Gasteiger partial charge on any atom is 0.289 e. The molecule has 0 aliphatic rings. The van der Waals surface area contributed by atoms with Crippen molar-refractivity contribution in [1.82, 2.24) is 9.88 Å². The van der Waals surface area contributed by atoms with E-state index in [4.69, 9.17) is 21.1 Å². The van der Waals surface area contributed by atoms with Crippen molar-refractivity contribution in [2.75, 3.05) is 23.8 Å². The zero-order valence-electron chi connectivity index (χ0n) is 39.3. The number of thiazole rings is 1. The molecule has 0 saturated heterocycles. The molecule has 0 fully saturated rings. The first kappa shape index (κ1) is 51.5. The Hall–Kier alpha value is -5.51. The van der Waals surface area contributed by atoms with Crippen molar-refractivity contribution in [2.24, 2.45) is 16.2 Å². The minimum atomic E-state index is -1.75. The molecule has 3 amide bonds. The summed E-state index contributed by atoms with van der Waals surface area (Å²) in [6.07, 6.45) is 0.657. The average molecular weight is 959 g/mol. The third-order valence-corrected chi connectivity index (χ3v) is 12.4. The average Bonchev–Trinajstić information content (AvgIpc) is 3.63. The van der Waals surface area contributed by atoms with E-state index in [2.05, 4.69) is 69.3 Å². The standard InChI is InChI=1S/C50H60ClN5O8S2/c1-11-55(47(60)66-46-54-37-15-12-13-16-41(37)65-46)30-33-26-35(56(61)62)20-23-40(33)64-43(44(58)50(8,9)10)45(59)53-38-27-34(19-21-36(38)51)52-42(57)17-14-24-63-39-22-18-31(28-48(2,3)4)25-32(39)29-49(5,6)7/h12-13,15-16,18-23,25-27,43H,11,14,17,24,28-30H2,1-10H3,(H,52,57)(H,53,59). The normalized spacial score (nSPS) is 12.3. The second-order valence-corrected chi connectivity index (χ2v) is 22.2. The van der Waals surface area contributed by atoms with E-state index in [9.17, 15) is 29.3 Å². The number of thioether (sulfide) groups is 1. The van der Waals surface area contributed by atoms with Gasteiger partial charge in [-0.2, -0.15) is 0 Å². The van der Waals surface area contributed by atoms with Crippen molar-refractivity contribution in [3.05, 3.63) is 111 Å². The van der Waals surface area contributed by atoms with E-state index in [1.807, 2.05) is 30.3 Å². The summed E-state index contributed by atoms with van der Waals surface area (Å²) in [7, 11) is 0. The van der Waals surface area contributed by atoms with Crippen LogP contribution >= 0.6 is 34.7 Å². The first-order valence-electron chi connectivity index (χ1n) is 21.8. The number of rotatable bonds is 18. The Morgan fingerprint density at radius 3 is 2.21 bits per heavy atom. The molecule has 0 radical (unpaired) electrons. The van der Waals surface area contributed by atoms with E-state index in [0.29, 0.717) is 23.1 Å². The van der Waals surface area contributed by atoms with Gasteiger partial charge in [0.25, 0.3) is 16.8 Å². The highest BCUT2D eigenvalue weighted by molar-refractivity contribution is 8.14. The van der Waals surface area contributed by atoms with Crippen LogP contribution in [0.25, 0.3) is 10.2 Å². The molecular weight excluding hydrogens is 898 g/mol. The zero-order chi connectivity index (χ0) is 48.6. The molecule has 0 spiro atoms. The van der Waals surface area contributed by atoms with Crippen LogP contribution in [-0.2, 0) is 33.8 Å². The first-order chi connectivity index (χ1) is 30.9. The third kappa shape index (κ3) is 15.0. The second kappa shape index (κ2) is 21.9. The number of nitrogens with zero attached hydrogens (tertiary/aromatic N) is 3. The van der Waals surface area contributed by atoms with E-state index >= 15 is 0 Å². The molecule has 352 valence electrons. The summed E-state index contributed by atoms with van der Waals surface area (Å²) in [4.78, 5) is 72.1. The summed E-state index contributed by atoms with van der Waals surface area (Å²) in [5, 5.41) is 17.2. The summed E-state index contributed by atoms with van der Waals surface area (Å²) in [5.41, 5.74) is 2.69. The number of non-ortho nitro benzene ring substituents is 1. The number of halogens is 1. The lowest BCUT2D eigenvalue weighted by molar-refractivity contribution is -0.385. The molecule has 1 heterocycles. The van der Waals surface area contributed by atoms with Gasteiger partial charge in [-0.25, -0.2) is 4.98 Å². The molecule has 66 heavy (non-hydrogen) atoms. The molecule has 0 aliphatic heterocycles. The molecule has 4 aromatic carbocycles. The fourth-order valence-corrected chi connectivity index (χ4v) is 9.08. The van der Waals surface area contributed by atoms with Gasteiger partial charge in [-0.05, 0) is 90.6 Å². The molecule has 16 heteroatoms. The summed E-state index contributed by atoms with van der Waals surface area (Å²) >= 11 is 8.85. The monoisotopic (exact) mass is 957 g/mol. The number of hydrogen-bond donors (Lipinski definition) is 2. The predicted octanol–water partition coefficient (Wildman–Crippen LogP) is 12.6. The van der Waals surface area contributed by atoms with Gasteiger partial charge in [-0.1, -0.05) is 98.2 Å². The van der Waals surface area contributed by atoms with E-state index < -0.39 is 28.1 Å². The number of fused-ring (bicyclic) bond motifs is 1. The Morgan fingerprint density at radius 1 is 0.864 bits per heavy atom. The highest BCUT2D eigenvalue weighted by Crippen LogP contribution is 2.35. The topological polar surface area (TPSA) is 170 Å². The molecule has 13 nitrogen and oxygen atoms in total. The fraction of sp³-hybridized carbons (Fsp3) is 0.420. The molecule has 1 aromatic heterocycles. The van der Waals surface area contributed by atoms with Crippen molar-refractivity contribution in [1.29, 1.82) is 0 Å². The first-order valence-corrected chi connectivity index (χ1v) is 23.9. The number of amides is 3. The van der Waals surface area contributed by atoms with Gasteiger partial charge in [0.2, 0.25) is 12.0 Å². The predicted molar refractivity (Wildman–Crippen MR) is 265 cm³/mol. The fourth-order valence-electron chi connectivity index (χ4n) is 6.95. The molecule has 2 N–H and O–H groups in total. The van der Waals surface area contributed by atoms with Crippen LogP contribution in [0.2, 0.25) is 5.02 Å². The number of nitro groups is 1. The van der Waals surface area contributed by atoms with Crippen molar-refractivity contribution in [2.45, 2.75) is 112 Å². The van der Waals surface area contributed by atoms with Gasteiger partial charge in [-0.3, -0.25) is 29.3 Å². The van der Waals surface area contributed by atoms with E-state index in [1.165, 1.54) is 52.1 Å². The van der Waals surface area contributed by atoms with Gasteiger partial charge in [0.05, 0.1) is 39.0 Å². The molecule has 1 atom stereocenters. The number of nitro benzene ring substituents is 1. The molecule has 1 unspecified atom stereocenters. The van der Waals surface area contributed by atoms with Gasteiger partial charge < -0.3 is 25.0 Å². The number of nitrogens with one attached hydrogen (secondary N) is 2. The smallest absolute Gasteiger partial charge is 0.289 e. The van der Waals surface area contributed by atoms with E-state index in [0.717, 1.165) is 46.1 Å². The Labute approximate surface area is 400 Å². The van der Waals surface area contributed by atoms with Crippen LogP contribution in [0.3, 0.4) is 0 Å². The van der Waals surface area contributed by atoms with Crippen molar-refractivity contribution in [3.8, 4) is 11.5 Å². The summed E-state index contributed by atoms with van der Waals surface area (Å²) in [5.74, 6) is -0.927.